The molecule has 0 atom stereocenters. The molecular weight excluding hydrogens is 402 g/mol. The minimum atomic E-state index is -4.17. The van der Waals surface area contributed by atoms with Crippen LogP contribution in [0.5, 0.6) is 0 Å². The molecule has 0 aliphatic rings. The Morgan fingerprint density at radius 3 is 2.43 bits per heavy atom. The molecule has 0 saturated heterocycles. The van der Waals surface area contributed by atoms with Gasteiger partial charge in [-0.2, -0.15) is 0 Å². The Morgan fingerprint density at radius 2 is 1.82 bits per heavy atom. The van der Waals surface area contributed by atoms with Crippen LogP contribution >= 0.6 is 11.6 Å². The lowest BCUT2D eigenvalue weighted by Gasteiger charge is -2.13. The molecule has 0 fully saturated rings. The molecule has 2 aromatic carbocycles. The SMILES string of the molecule is CC(C)CNC(=O)c1ccc(NC(=O)Cc2ccccc2Cl)cc1S(N)(=O)=O. The Kier molecular flexibility index (Phi) is 7.17. The smallest absolute Gasteiger partial charge is 0.252 e. The first-order chi connectivity index (χ1) is 13.1. The summed E-state index contributed by atoms with van der Waals surface area (Å²) in [7, 11) is -4.17. The highest BCUT2D eigenvalue weighted by atomic mass is 35.5. The van der Waals surface area contributed by atoms with E-state index in [4.69, 9.17) is 16.7 Å². The minimum Gasteiger partial charge on any atom is -0.352 e. The highest BCUT2D eigenvalue weighted by molar-refractivity contribution is 7.89. The molecule has 0 aromatic heterocycles. The minimum absolute atomic E-state index is 0.0149. The van der Waals surface area contributed by atoms with Crippen molar-refractivity contribution in [1.82, 2.24) is 5.32 Å². The van der Waals surface area contributed by atoms with Crippen LogP contribution in [-0.2, 0) is 21.2 Å². The van der Waals surface area contributed by atoms with Gasteiger partial charge in [-0.25, -0.2) is 13.6 Å². The quantitative estimate of drug-likeness (QED) is 0.634. The molecule has 2 rings (SSSR count). The molecule has 0 aliphatic heterocycles. The average Bonchev–Trinajstić information content (AvgIpc) is 2.60. The lowest BCUT2D eigenvalue weighted by molar-refractivity contribution is -0.115. The standard InChI is InChI=1S/C19H22ClN3O4S/c1-12(2)11-22-19(25)15-8-7-14(10-17(15)28(21,26)27)23-18(24)9-13-5-3-4-6-16(13)20/h3-8,10,12H,9,11H2,1-2H3,(H,22,25)(H,23,24)(H2,21,26,27). The van der Waals surface area contributed by atoms with Crippen molar-refractivity contribution in [3.8, 4) is 0 Å². The molecule has 0 spiro atoms. The number of carbonyl (C=O) groups is 2. The first-order valence-electron chi connectivity index (χ1n) is 8.56. The average molecular weight is 424 g/mol. The normalized spacial score (nSPS) is 11.3. The van der Waals surface area contributed by atoms with Gasteiger partial charge in [0.1, 0.15) is 0 Å². The monoisotopic (exact) mass is 423 g/mol. The van der Waals surface area contributed by atoms with E-state index in [9.17, 15) is 18.0 Å². The molecule has 28 heavy (non-hydrogen) atoms. The van der Waals surface area contributed by atoms with E-state index < -0.39 is 15.9 Å². The second-order valence-electron chi connectivity index (χ2n) is 6.68. The number of nitrogens with one attached hydrogen (secondary N) is 2. The van der Waals surface area contributed by atoms with Crippen LogP contribution in [0.25, 0.3) is 0 Å². The Balaban J connectivity index is 2.23. The number of hydrogen-bond donors (Lipinski definition) is 3. The summed E-state index contributed by atoms with van der Waals surface area (Å²) < 4.78 is 23.9. The van der Waals surface area contributed by atoms with Gasteiger partial charge in [0.25, 0.3) is 5.91 Å². The summed E-state index contributed by atoms with van der Waals surface area (Å²) in [6, 6.07) is 10.9. The number of nitrogens with two attached hydrogens (primary N) is 1. The maximum Gasteiger partial charge on any atom is 0.252 e. The summed E-state index contributed by atoms with van der Waals surface area (Å²) in [6.07, 6.45) is 0.0149. The number of amides is 2. The van der Waals surface area contributed by atoms with Crippen molar-refractivity contribution in [2.75, 3.05) is 11.9 Å². The molecule has 2 amide bonds. The van der Waals surface area contributed by atoms with Gasteiger partial charge >= 0.3 is 0 Å². The van der Waals surface area contributed by atoms with Crippen molar-refractivity contribution in [2.24, 2.45) is 11.1 Å². The Hall–Kier alpha value is -2.42. The second kappa shape index (κ2) is 9.18. The van der Waals surface area contributed by atoms with Crippen molar-refractivity contribution in [1.29, 1.82) is 0 Å². The van der Waals surface area contributed by atoms with E-state index in [-0.39, 0.29) is 34.4 Å². The first-order valence-corrected chi connectivity index (χ1v) is 10.5. The van der Waals surface area contributed by atoms with E-state index in [1.807, 2.05) is 13.8 Å². The number of primary sulfonamides is 1. The predicted octanol–water partition coefficient (Wildman–Crippen LogP) is 2.55. The number of rotatable bonds is 7. The number of halogens is 1. The van der Waals surface area contributed by atoms with Crippen LogP contribution in [0, 0.1) is 5.92 Å². The fourth-order valence-electron chi connectivity index (χ4n) is 2.44. The van der Waals surface area contributed by atoms with E-state index in [2.05, 4.69) is 10.6 Å². The number of anilines is 1. The first kappa shape index (κ1) is 21.9. The Labute approximate surface area is 169 Å². The summed E-state index contributed by atoms with van der Waals surface area (Å²) >= 11 is 6.04. The van der Waals surface area contributed by atoms with Gasteiger partial charge in [-0.1, -0.05) is 43.6 Å². The van der Waals surface area contributed by atoms with E-state index in [1.165, 1.54) is 18.2 Å². The third-order valence-corrected chi connectivity index (χ3v) is 5.12. The van der Waals surface area contributed by atoms with Crippen molar-refractivity contribution in [3.63, 3.8) is 0 Å². The van der Waals surface area contributed by atoms with Crippen LogP contribution in [0.15, 0.2) is 47.4 Å². The summed E-state index contributed by atoms with van der Waals surface area (Å²) in [5.74, 6) is -0.734. The topological polar surface area (TPSA) is 118 Å². The van der Waals surface area contributed by atoms with Gasteiger partial charge in [0.2, 0.25) is 15.9 Å². The highest BCUT2D eigenvalue weighted by Gasteiger charge is 2.20. The van der Waals surface area contributed by atoms with Crippen LogP contribution in [0.4, 0.5) is 5.69 Å². The zero-order valence-corrected chi connectivity index (χ0v) is 17.1. The van der Waals surface area contributed by atoms with Crippen LogP contribution in [0.3, 0.4) is 0 Å². The van der Waals surface area contributed by atoms with Crippen molar-refractivity contribution < 1.29 is 18.0 Å². The summed E-state index contributed by atoms with van der Waals surface area (Å²) in [5, 5.41) is 11.0. The molecule has 2 aromatic rings. The van der Waals surface area contributed by atoms with Gasteiger partial charge in [-0.05, 0) is 35.7 Å². The molecule has 0 saturated carbocycles. The van der Waals surface area contributed by atoms with E-state index in [0.717, 1.165) is 0 Å². The fraction of sp³-hybridized carbons (Fsp3) is 0.263. The van der Waals surface area contributed by atoms with Crippen molar-refractivity contribution in [2.45, 2.75) is 25.2 Å². The van der Waals surface area contributed by atoms with Gasteiger partial charge in [-0.15, -0.1) is 0 Å². The maximum absolute atomic E-state index is 12.3. The number of carbonyl (C=O) groups excluding carboxylic acids is 2. The van der Waals surface area contributed by atoms with Crippen LogP contribution in [0.2, 0.25) is 5.02 Å². The van der Waals surface area contributed by atoms with E-state index in [1.54, 1.807) is 24.3 Å². The third kappa shape index (κ3) is 6.05. The lowest BCUT2D eigenvalue weighted by Crippen LogP contribution is -2.29. The molecule has 9 heteroatoms. The second-order valence-corrected chi connectivity index (χ2v) is 8.61. The molecule has 0 aliphatic carbocycles. The van der Waals surface area contributed by atoms with Crippen LogP contribution < -0.4 is 15.8 Å². The van der Waals surface area contributed by atoms with Gasteiger partial charge in [0.05, 0.1) is 16.9 Å². The fourth-order valence-corrected chi connectivity index (χ4v) is 3.40. The van der Waals surface area contributed by atoms with Crippen LogP contribution in [0.1, 0.15) is 29.8 Å². The largest absolute Gasteiger partial charge is 0.352 e. The summed E-state index contributed by atoms with van der Waals surface area (Å²) in [5.41, 5.74) is 0.770. The number of benzene rings is 2. The zero-order valence-electron chi connectivity index (χ0n) is 15.5. The lowest BCUT2D eigenvalue weighted by atomic mass is 10.1. The van der Waals surface area contributed by atoms with Gasteiger partial charge in [-0.3, -0.25) is 9.59 Å². The molecule has 7 nitrogen and oxygen atoms in total. The Bertz CT molecular complexity index is 990. The molecule has 150 valence electrons. The number of hydrogen-bond acceptors (Lipinski definition) is 4. The highest BCUT2D eigenvalue weighted by Crippen LogP contribution is 2.21. The summed E-state index contributed by atoms with van der Waals surface area (Å²) in [6.45, 7) is 4.22. The van der Waals surface area contributed by atoms with Gasteiger partial charge < -0.3 is 10.6 Å². The molecule has 0 heterocycles. The predicted molar refractivity (Wildman–Crippen MR) is 109 cm³/mol. The van der Waals surface area contributed by atoms with E-state index in [0.29, 0.717) is 17.1 Å². The Morgan fingerprint density at radius 1 is 1.14 bits per heavy atom. The van der Waals surface area contributed by atoms with Crippen molar-refractivity contribution >= 4 is 39.1 Å². The van der Waals surface area contributed by atoms with Gasteiger partial charge in [0, 0.05) is 17.3 Å². The van der Waals surface area contributed by atoms with Crippen LogP contribution in [-0.4, -0.2) is 26.8 Å². The zero-order chi connectivity index (χ0) is 20.9. The number of sulfonamides is 1. The van der Waals surface area contributed by atoms with Crippen molar-refractivity contribution in [3.05, 3.63) is 58.6 Å². The van der Waals surface area contributed by atoms with E-state index >= 15 is 0 Å². The summed E-state index contributed by atoms with van der Waals surface area (Å²) in [4.78, 5) is 24.2. The third-order valence-electron chi connectivity index (χ3n) is 3.80. The maximum atomic E-state index is 12.3. The molecule has 4 N–H and O–H groups in total. The molecule has 0 bridgehead atoms. The van der Waals surface area contributed by atoms with Gasteiger partial charge in [0.15, 0.2) is 0 Å². The molecule has 0 radical (unpaired) electrons. The molecule has 0 unspecified atom stereocenters. The molecular formula is C19H22ClN3O4S.